The van der Waals surface area contributed by atoms with E-state index in [4.69, 9.17) is 9.72 Å². The van der Waals surface area contributed by atoms with E-state index in [9.17, 15) is 4.39 Å². The highest BCUT2D eigenvalue weighted by molar-refractivity contribution is 5.72. The van der Waals surface area contributed by atoms with Crippen LogP contribution in [0.2, 0.25) is 0 Å². The first-order valence-electron chi connectivity index (χ1n) is 10.2. The Morgan fingerprint density at radius 2 is 1.83 bits per heavy atom. The highest BCUT2D eigenvalue weighted by Crippen LogP contribution is 2.31. The van der Waals surface area contributed by atoms with E-state index in [0.29, 0.717) is 6.73 Å². The first kappa shape index (κ1) is 23.0. The third-order valence-corrected chi connectivity index (χ3v) is 4.75. The Balaban J connectivity index is 2.95. The van der Waals surface area contributed by atoms with Crippen molar-refractivity contribution < 1.29 is 13.7 Å². The lowest BCUT2D eigenvalue weighted by atomic mass is 9.92. The number of methoxy groups -OCH3 is 1. The third kappa shape index (κ3) is 5.63. The molecule has 29 heavy (non-hydrogen) atoms. The summed E-state index contributed by atoms with van der Waals surface area (Å²) in [7, 11) is 3.70. The number of hydrogen-bond donors (Lipinski definition) is 0. The Labute approximate surface area is 175 Å². The van der Waals surface area contributed by atoms with Crippen molar-refractivity contribution in [2.45, 2.75) is 54.2 Å². The van der Waals surface area contributed by atoms with E-state index in [2.05, 4.69) is 63.2 Å². The van der Waals surface area contributed by atoms with Gasteiger partial charge in [-0.15, -0.1) is 0 Å². The van der Waals surface area contributed by atoms with Crippen LogP contribution in [0.5, 0.6) is 0 Å². The molecule has 1 heterocycles. The van der Waals surface area contributed by atoms with E-state index in [0.717, 1.165) is 35.0 Å². The number of anilines is 1. The smallest absolute Gasteiger partial charge is 0.351 e. The average Bonchev–Trinajstić information content (AvgIpc) is 2.65. The van der Waals surface area contributed by atoms with Crippen LogP contribution >= 0.6 is 0 Å². The van der Waals surface area contributed by atoms with Gasteiger partial charge in [-0.05, 0) is 36.6 Å². The molecule has 0 saturated heterocycles. The van der Waals surface area contributed by atoms with Gasteiger partial charge in [-0.1, -0.05) is 51.8 Å². The largest absolute Gasteiger partial charge is 0.396 e. The third-order valence-electron chi connectivity index (χ3n) is 4.75. The second kappa shape index (κ2) is 9.49. The molecule has 0 N–H and O–H groups in total. The zero-order valence-corrected chi connectivity index (χ0v) is 19.1. The zero-order chi connectivity index (χ0) is 21.8. The first-order valence-corrected chi connectivity index (χ1v) is 10.2. The topological polar surface area (TPSA) is 29.2 Å². The molecule has 1 aromatic carbocycles. The van der Waals surface area contributed by atoms with Gasteiger partial charge in [0.1, 0.15) is 17.2 Å². The maximum absolute atomic E-state index is 13.7. The van der Waals surface area contributed by atoms with Crippen LogP contribution < -0.4 is 9.47 Å². The van der Waals surface area contributed by atoms with Gasteiger partial charge in [0, 0.05) is 18.6 Å². The summed E-state index contributed by atoms with van der Waals surface area (Å²) in [5.41, 5.74) is 4.02. The van der Waals surface area contributed by atoms with Crippen molar-refractivity contribution in [2.75, 3.05) is 25.6 Å². The van der Waals surface area contributed by atoms with Gasteiger partial charge in [0.05, 0.1) is 19.2 Å². The first-order chi connectivity index (χ1) is 13.6. The molecule has 0 saturated carbocycles. The molecular weight excluding hydrogens is 365 g/mol. The van der Waals surface area contributed by atoms with E-state index < -0.39 is 0 Å². The SMILES string of the molecule is CCN(C)c1nc(C(C)C)c(/C=C/C(C)(C)C)c(-c2ccc(F)cc2)[n+]1COC. The Morgan fingerprint density at radius 3 is 2.31 bits per heavy atom. The summed E-state index contributed by atoms with van der Waals surface area (Å²) < 4.78 is 21.3. The summed E-state index contributed by atoms with van der Waals surface area (Å²) in [4.78, 5) is 7.16. The summed E-state index contributed by atoms with van der Waals surface area (Å²) in [5.74, 6) is 0.822. The molecule has 0 aliphatic heterocycles. The molecule has 4 nitrogen and oxygen atoms in total. The van der Waals surface area contributed by atoms with Crippen LogP contribution in [0.3, 0.4) is 0 Å². The molecular formula is C24H35FN3O+. The van der Waals surface area contributed by atoms with Crippen molar-refractivity contribution in [1.82, 2.24) is 4.98 Å². The second-order valence-electron chi connectivity index (χ2n) is 8.78. The second-order valence-corrected chi connectivity index (χ2v) is 8.78. The quantitative estimate of drug-likeness (QED) is 0.581. The molecule has 0 spiro atoms. The molecule has 0 amide bonds. The summed E-state index contributed by atoms with van der Waals surface area (Å²) in [6.45, 7) is 14.1. The van der Waals surface area contributed by atoms with Crippen molar-refractivity contribution >= 4 is 12.0 Å². The average molecular weight is 401 g/mol. The summed E-state index contributed by atoms with van der Waals surface area (Å²) >= 11 is 0. The number of allylic oxidation sites excluding steroid dienone is 1. The van der Waals surface area contributed by atoms with Gasteiger partial charge in [-0.2, -0.15) is 0 Å². The van der Waals surface area contributed by atoms with Crippen LogP contribution in [0, 0.1) is 11.2 Å². The molecule has 158 valence electrons. The molecule has 0 fully saturated rings. The van der Waals surface area contributed by atoms with Gasteiger partial charge in [0.15, 0.2) is 6.73 Å². The number of hydrogen-bond acceptors (Lipinski definition) is 3. The van der Waals surface area contributed by atoms with E-state index in [1.807, 2.05) is 19.2 Å². The van der Waals surface area contributed by atoms with Crippen molar-refractivity contribution in [3.63, 3.8) is 0 Å². The minimum Gasteiger partial charge on any atom is -0.351 e. The van der Waals surface area contributed by atoms with E-state index in [1.165, 1.54) is 12.1 Å². The van der Waals surface area contributed by atoms with Crippen molar-refractivity contribution in [2.24, 2.45) is 5.41 Å². The highest BCUT2D eigenvalue weighted by atomic mass is 19.1. The standard InChI is InChI=1S/C24H35FN3O/c1-9-27(7)23-26-21(17(2)3)20(14-15-24(4,5)6)22(28(23)16-29-8)18-10-12-19(25)13-11-18/h10-15,17H,9,16H2,1-8H3/q+1/b15-14+. The van der Waals surface area contributed by atoms with Gasteiger partial charge in [-0.3, -0.25) is 4.90 Å². The Hall–Kier alpha value is -2.27. The molecule has 0 aliphatic carbocycles. The molecule has 1 aromatic heterocycles. The van der Waals surface area contributed by atoms with E-state index in [-0.39, 0.29) is 17.2 Å². The van der Waals surface area contributed by atoms with Crippen LogP contribution in [-0.2, 0) is 11.5 Å². The fourth-order valence-electron chi connectivity index (χ4n) is 3.14. The number of halogens is 1. The van der Waals surface area contributed by atoms with Crippen LogP contribution in [0.25, 0.3) is 17.3 Å². The van der Waals surface area contributed by atoms with Crippen LogP contribution in [0.1, 0.15) is 58.7 Å². The van der Waals surface area contributed by atoms with Crippen molar-refractivity contribution in [3.8, 4) is 11.3 Å². The maximum Gasteiger partial charge on any atom is 0.396 e. The normalized spacial score (nSPS) is 12.2. The van der Waals surface area contributed by atoms with E-state index >= 15 is 0 Å². The highest BCUT2D eigenvalue weighted by Gasteiger charge is 2.29. The lowest BCUT2D eigenvalue weighted by molar-refractivity contribution is -0.712. The number of benzene rings is 1. The van der Waals surface area contributed by atoms with Gasteiger partial charge in [0.2, 0.25) is 0 Å². The Kier molecular flexibility index (Phi) is 7.53. The van der Waals surface area contributed by atoms with Crippen LogP contribution in [0.4, 0.5) is 10.3 Å². The molecule has 0 atom stereocenters. The van der Waals surface area contributed by atoms with Gasteiger partial charge < -0.3 is 4.74 Å². The summed E-state index contributed by atoms with van der Waals surface area (Å²) in [6.07, 6.45) is 4.35. The Bertz CT molecular complexity index is 852. The Morgan fingerprint density at radius 1 is 1.21 bits per heavy atom. The van der Waals surface area contributed by atoms with Gasteiger partial charge >= 0.3 is 5.95 Å². The monoisotopic (exact) mass is 400 g/mol. The molecule has 2 aromatic rings. The summed E-state index contributed by atoms with van der Waals surface area (Å²) in [5, 5.41) is 0. The molecule has 0 aliphatic rings. The lowest BCUT2D eigenvalue weighted by Gasteiger charge is -2.21. The minimum absolute atomic E-state index is 0.0271. The molecule has 0 unspecified atom stereocenters. The van der Waals surface area contributed by atoms with Crippen molar-refractivity contribution in [3.05, 3.63) is 47.4 Å². The predicted octanol–water partition coefficient (Wildman–Crippen LogP) is 5.42. The van der Waals surface area contributed by atoms with Gasteiger partial charge in [0.25, 0.3) is 0 Å². The predicted molar refractivity (Wildman–Crippen MR) is 118 cm³/mol. The number of nitrogens with zero attached hydrogens (tertiary/aromatic N) is 3. The zero-order valence-electron chi connectivity index (χ0n) is 19.1. The molecule has 0 radical (unpaired) electrons. The number of rotatable bonds is 7. The fraction of sp³-hybridized carbons (Fsp3) is 0.500. The summed E-state index contributed by atoms with van der Waals surface area (Å²) in [6, 6.07) is 6.65. The van der Waals surface area contributed by atoms with Gasteiger partial charge in [-0.25, -0.2) is 8.96 Å². The molecule has 5 heteroatoms. The minimum atomic E-state index is -0.247. The van der Waals surface area contributed by atoms with E-state index in [1.54, 1.807) is 7.11 Å². The molecule has 0 bridgehead atoms. The fourth-order valence-corrected chi connectivity index (χ4v) is 3.14. The molecule has 2 rings (SSSR count). The number of ether oxygens (including phenoxy) is 1. The van der Waals surface area contributed by atoms with Crippen molar-refractivity contribution in [1.29, 1.82) is 0 Å². The van der Waals surface area contributed by atoms with Crippen LogP contribution in [0.15, 0.2) is 30.3 Å². The number of aromatic nitrogens is 2. The maximum atomic E-state index is 13.7. The lowest BCUT2D eigenvalue weighted by Crippen LogP contribution is -2.46. The van der Waals surface area contributed by atoms with Crippen LogP contribution in [-0.4, -0.2) is 25.7 Å².